The van der Waals surface area contributed by atoms with Crippen LogP contribution in [-0.2, 0) is 0 Å². The van der Waals surface area contributed by atoms with Gasteiger partial charge >= 0.3 is 0 Å². The molecular weight excluding hydrogens is 344 g/mol. The third-order valence-corrected chi connectivity index (χ3v) is 5.48. The van der Waals surface area contributed by atoms with Crippen LogP contribution in [0, 0.1) is 13.8 Å². The van der Waals surface area contributed by atoms with E-state index in [2.05, 4.69) is 82.9 Å². The number of anilines is 1. The first-order valence-electron chi connectivity index (χ1n) is 10.1. The van der Waals surface area contributed by atoms with Crippen LogP contribution in [0.25, 0.3) is 5.57 Å². The fourth-order valence-electron chi connectivity index (χ4n) is 4.03. The van der Waals surface area contributed by atoms with Gasteiger partial charge in [-0.25, -0.2) is 0 Å². The maximum absolute atomic E-state index is 5.75. The zero-order valence-electron chi connectivity index (χ0n) is 18.3. The lowest BCUT2D eigenvalue weighted by Crippen LogP contribution is -2.45. The normalized spacial score (nSPS) is 15.5. The van der Waals surface area contributed by atoms with Crippen molar-refractivity contribution in [3.05, 3.63) is 58.7 Å². The minimum atomic E-state index is -0.00755. The highest BCUT2D eigenvalue weighted by Crippen LogP contribution is 2.42. The van der Waals surface area contributed by atoms with Crippen molar-refractivity contribution in [1.29, 1.82) is 0 Å². The van der Waals surface area contributed by atoms with E-state index in [4.69, 9.17) is 9.73 Å². The van der Waals surface area contributed by atoms with Crippen molar-refractivity contribution >= 4 is 23.2 Å². The maximum Gasteiger partial charge on any atom is 0.129 e. The standard InChI is InChI=1S/C25H32N2O/c1-8-11-27-23-14-24(28-7)20(13-21(23)19(4)15-25(27,5)6)16-26-22-12-17(2)9-10-18(22)3/h9-10,12-16H,8,11H2,1-7H3. The molecule has 3 heteroatoms. The number of hydrogen-bond donors (Lipinski definition) is 0. The van der Waals surface area contributed by atoms with Crippen molar-refractivity contribution in [1.82, 2.24) is 0 Å². The predicted molar refractivity (Wildman–Crippen MR) is 122 cm³/mol. The Kier molecular flexibility index (Phi) is 5.64. The molecule has 0 amide bonds. The molecule has 3 nitrogen and oxygen atoms in total. The van der Waals surface area contributed by atoms with Gasteiger partial charge in [0.25, 0.3) is 0 Å². The van der Waals surface area contributed by atoms with Crippen molar-refractivity contribution in [3.63, 3.8) is 0 Å². The Morgan fingerprint density at radius 2 is 1.86 bits per heavy atom. The summed E-state index contributed by atoms with van der Waals surface area (Å²) in [4.78, 5) is 7.24. The number of methoxy groups -OCH3 is 1. The molecule has 0 fully saturated rings. The molecule has 0 aromatic heterocycles. The van der Waals surface area contributed by atoms with Crippen LogP contribution in [0.1, 0.15) is 56.4 Å². The Morgan fingerprint density at radius 1 is 1.11 bits per heavy atom. The summed E-state index contributed by atoms with van der Waals surface area (Å²) in [6, 6.07) is 10.7. The molecule has 0 aliphatic carbocycles. The molecule has 1 aliphatic heterocycles. The van der Waals surface area contributed by atoms with Gasteiger partial charge in [0.1, 0.15) is 5.75 Å². The number of rotatable bonds is 5. The fourth-order valence-corrected chi connectivity index (χ4v) is 4.03. The first-order chi connectivity index (χ1) is 13.3. The monoisotopic (exact) mass is 376 g/mol. The number of aryl methyl sites for hydroxylation is 2. The molecule has 0 N–H and O–H groups in total. The minimum Gasteiger partial charge on any atom is -0.496 e. The molecule has 0 atom stereocenters. The molecule has 0 saturated heterocycles. The second kappa shape index (κ2) is 7.83. The molecule has 28 heavy (non-hydrogen) atoms. The minimum absolute atomic E-state index is 0.00755. The molecule has 0 unspecified atom stereocenters. The summed E-state index contributed by atoms with van der Waals surface area (Å²) in [7, 11) is 1.73. The van der Waals surface area contributed by atoms with E-state index in [0.29, 0.717) is 0 Å². The van der Waals surface area contributed by atoms with Gasteiger partial charge in [0.05, 0.1) is 18.3 Å². The quantitative estimate of drug-likeness (QED) is 0.558. The van der Waals surface area contributed by atoms with E-state index in [1.165, 1.54) is 28.0 Å². The lowest BCUT2D eigenvalue weighted by atomic mass is 9.87. The van der Waals surface area contributed by atoms with Gasteiger partial charge in [0.15, 0.2) is 0 Å². The van der Waals surface area contributed by atoms with Crippen molar-refractivity contribution in [2.45, 2.75) is 53.5 Å². The Bertz CT molecular complexity index is 938. The first-order valence-corrected chi connectivity index (χ1v) is 10.1. The number of ether oxygens (including phenoxy) is 1. The van der Waals surface area contributed by atoms with E-state index in [9.17, 15) is 0 Å². The summed E-state index contributed by atoms with van der Waals surface area (Å²) in [6.07, 6.45) is 5.40. The number of benzene rings is 2. The summed E-state index contributed by atoms with van der Waals surface area (Å²) in [5.41, 5.74) is 8.19. The Hall–Kier alpha value is -2.55. The van der Waals surface area contributed by atoms with Crippen LogP contribution in [-0.4, -0.2) is 25.4 Å². The summed E-state index contributed by atoms with van der Waals surface area (Å²) in [5, 5.41) is 0. The third-order valence-electron chi connectivity index (χ3n) is 5.48. The molecule has 0 bridgehead atoms. The van der Waals surface area contributed by atoms with Crippen molar-refractivity contribution in [2.24, 2.45) is 4.99 Å². The summed E-state index contributed by atoms with van der Waals surface area (Å²) >= 11 is 0. The van der Waals surface area contributed by atoms with E-state index in [1.807, 2.05) is 6.21 Å². The molecule has 0 radical (unpaired) electrons. The second-order valence-corrected chi connectivity index (χ2v) is 8.29. The maximum atomic E-state index is 5.75. The average molecular weight is 377 g/mol. The van der Waals surface area contributed by atoms with Crippen LogP contribution in [0.2, 0.25) is 0 Å². The largest absolute Gasteiger partial charge is 0.496 e. The third kappa shape index (κ3) is 3.84. The van der Waals surface area contributed by atoms with Gasteiger partial charge in [-0.15, -0.1) is 0 Å². The highest BCUT2D eigenvalue weighted by molar-refractivity contribution is 5.92. The molecule has 148 valence electrons. The molecule has 1 heterocycles. The molecule has 2 aromatic carbocycles. The van der Waals surface area contributed by atoms with Gasteiger partial charge in [0.2, 0.25) is 0 Å². The van der Waals surface area contributed by atoms with Gasteiger partial charge in [-0.05, 0) is 69.9 Å². The van der Waals surface area contributed by atoms with Gasteiger partial charge in [-0.1, -0.05) is 25.1 Å². The lowest BCUT2D eigenvalue weighted by molar-refractivity contribution is 0.413. The van der Waals surface area contributed by atoms with Crippen LogP contribution in [0.4, 0.5) is 11.4 Å². The fraction of sp³-hybridized carbons (Fsp3) is 0.400. The van der Waals surface area contributed by atoms with E-state index >= 15 is 0 Å². The molecule has 0 saturated carbocycles. The van der Waals surface area contributed by atoms with E-state index in [1.54, 1.807) is 7.11 Å². The molecule has 0 spiro atoms. The van der Waals surface area contributed by atoms with Gasteiger partial charge in [-0.3, -0.25) is 4.99 Å². The Labute approximate surface area is 169 Å². The van der Waals surface area contributed by atoms with E-state index in [0.717, 1.165) is 30.0 Å². The topological polar surface area (TPSA) is 24.8 Å². The van der Waals surface area contributed by atoms with E-state index in [-0.39, 0.29) is 5.54 Å². The predicted octanol–water partition coefficient (Wildman–Crippen LogP) is 6.47. The van der Waals surface area contributed by atoms with Crippen molar-refractivity contribution in [2.75, 3.05) is 18.6 Å². The van der Waals surface area contributed by atoms with Crippen LogP contribution >= 0.6 is 0 Å². The van der Waals surface area contributed by atoms with Crippen LogP contribution in [0.5, 0.6) is 5.75 Å². The average Bonchev–Trinajstić information content (AvgIpc) is 2.65. The SMILES string of the molecule is CCCN1c2cc(OC)c(C=Nc3cc(C)ccc3C)cc2C(C)=CC1(C)C. The number of fused-ring (bicyclic) bond motifs is 1. The van der Waals surface area contributed by atoms with Crippen LogP contribution in [0.3, 0.4) is 0 Å². The van der Waals surface area contributed by atoms with Gasteiger partial charge in [0, 0.05) is 35.6 Å². The molecule has 3 rings (SSSR count). The highest BCUT2D eigenvalue weighted by atomic mass is 16.5. The summed E-state index contributed by atoms with van der Waals surface area (Å²) in [6.45, 7) is 14.2. The van der Waals surface area contributed by atoms with Crippen LogP contribution in [0.15, 0.2) is 41.4 Å². The van der Waals surface area contributed by atoms with Gasteiger partial charge in [-0.2, -0.15) is 0 Å². The zero-order chi connectivity index (χ0) is 20.5. The van der Waals surface area contributed by atoms with E-state index < -0.39 is 0 Å². The molecule has 2 aromatic rings. The van der Waals surface area contributed by atoms with Crippen molar-refractivity contribution < 1.29 is 4.74 Å². The number of aliphatic imine (C=N–C) groups is 1. The Morgan fingerprint density at radius 3 is 2.54 bits per heavy atom. The summed E-state index contributed by atoms with van der Waals surface area (Å²) < 4.78 is 5.75. The lowest BCUT2D eigenvalue weighted by Gasteiger charge is -2.43. The summed E-state index contributed by atoms with van der Waals surface area (Å²) in [5.74, 6) is 0.861. The number of hydrogen-bond acceptors (Lipinski definition) is 3. The van der Waals surface area contributed by atoms with Crippen molar-refractivity contribution in [3.8, 4) is 5.75 Å². The van der Waals surface area contributed by atoms with Gasteiger partial charge < -0.3 is 9.64 Å². The first kappa shape index (κ1) is 20.2. The van der Waals surface area contributed by atoms with Crippen LogP contribution < -0.4 is 9.64 Å². The molecular formula is C25H32N2O. The smallest absolute Gasteiger partial charge is 0.129 e. The highest BCUT2D eigenvalue weighted by Gasteiger charge is 2.31. The molecule has 1 aliphatic rings. The number of allylic oxidation sites excluding steroid dienone is 1. The number of nitrogens with zero attached hydrogens (tertiary/aromatic N) is 2. The second-order valence-electron chi connectivity index (χ2n) is 8.29. The zero-order valence-corrected chi connectivity index (χ0v) is 18.3. The Balaban J connectivity index is 2.09.